The van der Waals surface area contributed by atoms with E-state index in [9.17, 15) is 14.7 Å². The lowest BCUT2D eigenvalue weighted by Gasteiger charge is -2.16. The minimum absolute atomic E-state index is 0.0477. The lowest BCUT2D eigenvalue weighted by Crippen LogP contribution is -2.14. The Morgan fingerprint density at radius 1 is 1.32 bits per heavy atom. The van der Waals surface area contributed by atoms with E-state index < -0.39 is 23.1 Å². The maximum atomic E-state index is 11.1. The van der Waals surface area contributed by atoms with Gasteiger partial charge in [-0.15, -0.1) is 0 Å². The average molecular weight is 266 g/mol. The molecule has 1 aliphatic carbocycles. The Balaban J connectivity index is 2.50. The second-order valence-corrected chi connectivity index (χ2v) is 4.73. The Kier molecular flexibility index (Phi) is 3.09. The quantitative estimate of drug-likeness (QED) is 0.747. The van der Waals surface area contributed by atoms with Crippen molar-refractivity contribution in [1.29, 1.82) is 0 Å². The standard InChI is InChI=1S/C13H14O6/c1-19-9-5-7(4-8(11(9)16)12(17)18)13(2-3-13)6-10(14)15/h4-5,16H,2-3,6H2,1H3,(H,14,15)(H,17,18). The topological polar surface area (TPSA) is 104 Å². The van der Waals surface area contributed by atoms with Crippen LogP contribution in [0, 0.1) is 0 Å². The monoisotopic (exact) mass is 266 g/mol. The first kappa shape index (κ1) is 13.2. The van der Waals surface area contributed by atoms with Crippen LogP contribution in [0.15, 0.2) is 12.1 Å². The molecule has 0 heterocycles. The summed E-state index contributed by atoms with van der Waals surface area (Å²) in [6.07, 6.45) is 1.32. The molecule has 1 aliphatic rings. The van der Waals surface area contributed by atoms with Crippen molar-refractivity contribution in [2.75, 3.05) is 7.11 Å². The highest BCUT2D eigenvalue weighted by Gasteiger charge is 2.46. The molecule has 1 aromatic carbocycles. The molecule has 6 nitrogen and oxygen atoms in total. The highest BCUT2D eigenvalue weighted by Crippen LogP contribution is 2.52. The van der Waals surface area contributed by atoms with Crippen molar-refractivity contribution in [2.24, 2.45) is 0 Å². The number of aromatic carboxylic acids is 1. The van der Waals surface area contributed by atoms with Crippen molar-refractivity contribution in [3.63, 3.8) is 0 Å². The smallest absolute Gasteiger partial charge is 0.339 e. The molecule has 19 heavy (non-hydrogen) atoms. The van der Waals surface area contributed by atoms with E-state index in [4.69, 9.17) is 14.9 Å². The van der Waals surface area contributed by atoms with Gasteiger partial charge >= 0.3 is 11.9 Å². The molecule has 0 aliphatic heterocycles. The predicted octanol–water partition coefficient (Wildman–Crippen LogP) is 1.61. The van der Waals surface area contributed by atoms with Gasteiger partial charge in [0.2, 0.25) is 0 Å². The van der Waals surface area contributed by atoms with Gasteiger partial charge in [-0.05, 0) is 30.5 Å². The highest BCUT2D eigenvalue weighted by molar-refractivity contribution is 5.92. The second kappa shape index (κ2) is 4.46. The summed E-state index contributed by atoms with van der Waals surface area (Å²) in [5, 5.41) is 27.7. The lowest BCUT2D eigenvalue weighted by atomic mass is 9.90. The van der Waals surface area contributed by atoms with E-state index in [2.05, 4.69) is 0 Å². The first-order valence-corrected chi connectivity index (χ1v) is 5.76. The molecule has 0 aromatic heterocycles. The van der Waals surface area contributed by atoms with Crippen LogP contribution >= 0.6 is 0 Å². The largest absolute Gasteiger partial charge is 0.504 e. The number of rotatable bonds is 5. The third-order valence-electron chi connectivity index (χ3n) is 3.48. The van der Waals surface area contributed by atoms with E-state index in [1.807, 2.05) is 0 Å². The molecule has 0 atom stereocenters. The van der Waals surface area contributed by atoms with Gasteiger partial charge in [-0.3, -0.25) is 4.79 Å². The number of ether oxygens (including phenoxy) is 1. The number of aromatic hydroxyl groups is 1. The number of carbonyl (C=O) groups is 2. The fourth-order valence-corrected chi connectivity index (χ4v) is 2.24. The van der Waals surface area contributed by atoms with Crippen LogP contribution in [-0.4, -0.2) is 34.4 Å². The van der Waals surface area contributed by atoms with Gasteiger partial charge < -0.3 is 20.1 Å². The van der Waals surface area contributed by atoms with E-state index in [0.717, 1.165) is 0 Å². The minimum atomic E-state index is -1.27. The van der Waals surface area contributed by atoms with E-state index >= 15 is 0 Å². The number of carboxylic acid groups (broad SMARTS) is 2. The van der Waals surface area contributed by atoms with Crippen molar-refractivity contribution in [2.45, 2.75) is 24.7 Å². The van der Waals surface area contributed by atoms with Gasteiger partial charge in [0.1, 0.15) is 5.56 Å². The zero-order valence-corrected chi connectivity index (χ0v) is 10.3. The molecule has 1 saturated carbocycles. The Morgan fingerprint density at radius 3 is 2.37 bits per heavy atom. The molecular formula is C13H14O6. The summed E-state index contributed by atoms with van der Waals surface area (Å²) in [5.74, 6) is -2.60. The number of benzene rings is 1. The number of phenols is 1. The molecule has 3 N–H and O–H groups in total. The van der Waals surface area contributed by atoms with Gasteiger partial charge in [0.05, 0.1) is 13.5 Å². The van der Waals surface area contributed by atoms with Crippen molar-refractivity contribution < 1.29 is 29.6 Å². The van der Waals surface area contributed by atoms with E-state index in [-0.39, 0.29) is 17.7 Å². The molecule has 1 aromatic rings. The van der Waals surface area contributed by atoms with Gasteiger partial charge in [0.15, 0.2) is 11.5 Å². The molecule has 0 saturated heterocycles. The number of hydrogen-bond acceptors (Lipinski definition) is 4. The van der Waals surface area contributed by atoms with Gasteiger partial charge in [-0.2, -0.15) is 0 Å². The molecule has 2 rings (SSSR count). The number of carboxylic acids is 2. The average Bonchev–Trinajstić information content (AvgIpc) is 3.08. The van der Waals surface area contributed by atoms with E-state index in [1.165, 1.54) is 19.2 Å². The Morgan fingerprint density at radius 2 is 1.95 bits per heavy atom. The van der Waals surface area contributed by atoms with Crippen molar-refractivity contribution in [3.8, 4) is 11.5 Å². The zero-order chi connectivity index (χ0) is 14.2. The fourth-order valence-electron chi connectivity index (χ4n) is 2.24. The summed E-state index contributed by atoms with van der Waals surface area (Å²) in [6, 6.07) is 2.84. The molecule has 102 valence electrons. The first-order chi connectivity index (χ1) is 8.89. The summed E-state index contributed by atoms with van der Waals surface area (Å²) < 4.78 is 4.94. The van der Waals surface area contributed by atoms with Crippen LogP contribution in [0.1, 0.15) is 35.2 Å². The summed E-state index contributed by atoms with van der Waals surface area (Å²) in [7, 11) is 1.32. The van der Waals surface area contributed by atoms with Crippen LogP contribution in [0.4, 0.5) is 0 Å². The summed E-state index contributed by atoms with van der Waals surface area (Å²) in [4.78, 5) is 22.0. The van der Waals surface area contributed by atoms with Crippen LogP contribution in [0.25, 0.3) is 0 Å². The summed E-state index contributed by atoms with van der Waals surface area (Å²) in [5.41, 5.74) is -0.218. The maximum absolute atomic E-state index is 11.1. The van der Waals surface area contributed by atoms with Crippen LogP contribution in [0.3, 0.4) is 0 Å². The Bertz CT molecular complexity index is 544. The first-order valence-electron chi connectivity index (χ1n) is 5.76. The molecular weight excluding hydrogens is 252 g/mol. The number of hydrogen-bond donors (Lipinski definition) is 3. The summed E-state index contributed by atoms with van der Waals surface area (Å²) in [6.45, 7) is 0. The van der Waals surface area contributed by atoms with Crippen molar-refractivity contribution in [3.05, 3.63) is 23.3 Å². The lowest BCUT2D eigenvalue weighted by molar-refractivity contribution is -0.137. The Hall–Kier alpha value is -2.24. The highest BCUT2D eigenvalue weighted by atomic mass is 16.5. The molecule has 1 fully saturated rings. The number of aliphatic carboxylic acids is 1. The second-order valence-electron chi connectivity index (χ2n) is 4.73. The number of methoxy groups -OCH3 is 1. The Labute approximate surface area is 109 Å². The van der Waals surface area contributed by atoms with Crippen LogP contribution in [0.5, 0.6) is 11.5 Å². The predicted molar refractivity (Wildman–Crippen MR) is 64.8 cm³/mol. The molecule has 0 amide bonds. The van der Waals surface area contributed by atoms with Crippen LogP contribution in [0.2, 0.25) is 0 Å². The third-order valence-corrected chi connectivity index (χ3v) is 3.48. The molecule has 0 radical (unpaired) electrons. The van der Waals surface area contributed by atoms with Gasteiger partial charge in [0.25, 0.3) is 0 Å². The third kappa shape index (κ3) is 2.33. The SMILES string of the molecule is COc1cc(C2(CC(=O)O)CC2)cc(C(=O)O)c1O. The summed E-state index contributed by atoms with van der Waals surface area (Å²) >= 11 is 0. The van der Waals surface area contributed by atoms with Gasteiger partial charge in [-0.1, -0.05) is 0 Å². The molecule has 0 unspecified atom stereocenters. The zero-order valence-electron chi connectivity index (χ0n) is 10.3. The molecule has 0 spiro atoms. The van der Waals surface area contributed by atoms with Crippen LogP contribution < -0.4 is 4.74 Å². The molecule has 6 heteroatoms. The molecule has 0 bridgehead atoms. The normalized spacial score (nSPS) is 15.8. The fraction of sp³-hybridized carbons (Fsp3) is 0.385. The van der Waals surface area contributed by atoms with E-state index in [1.54, 1.807) is 0 Å². The van der Waals surface area contributed by atoms with Crippen molar-refractivity contribution in [1.82, 2.24) is 0 Å². The minimum Gasteiger partial charge on any atom is -0.504 e. The van der Waals surface area contributed by atoms with Gasteiger partial charge in [0, 0.05) is 5.41 Å². The van der Waals surface area contributed by atoms with E-state index in [0.29, 0.717) is 18.4 Å². The maximum Gasteiger partial charge on any atom is 0.339 e. The van der Waals surface area contributed by atoms with Crippen LogP contribution in [-0.2, 0) is 10.2 Å². The van der Waals surface area contributed by atoms with Crippen molar-refractivity contribution >= 4 is 11.9 Å². The van der Waals surface area contributed by atoms with Gasteiger partial charge in [-0.25, -0.2) is 4.79 Å².